The topological polar surface area (TPSA) is 150 Å². The summed E-state index contributed by atoms with van der Waals surface area (Å²) in [6.45, 7) is 12.3. The molecule has 0 fully saturated rings. The van der Waals surface area contributed by atoms with E-state index in [9.17, 15) is 0 Å². The van der Waals surface area contributed by atoms with Crippen LogP contribution < -0.4 is 10.5 Å². The number of aliphatic hydroxyl groups is 2. The Bertz CT molecular complexity index is 713. The van der Waals surface area contributed by atoms with Gasteiger partial charge in [0.15, 0.2) is 0 Å². The van der Waals surface area contributed by atoms with E-state index in [0.717, 1.165) is 0 Å². The SMILES string of the molecule is CC(COCC(COc1ccc(N)cc1)OCC(C)OCC(C)OCCOCCO)OCC(C)OCCOCCO. The molecule has 41 heavy (non-hydrogen) atoms. The number of rotatable bonds is 28. The molecule has 0 bridgehead atoms. The Labute approximate surface area is 245 Å². The average molecular weight is 592 g/mol. The molecular formula is C29H53NO11. The molecule has 0 saturated carbocycles. The molecule has 12 heteroatoms. The van der Waals surface area contributed by atoms with Crippen molar-refractivity contribution in [1.82, 2.24) is 0 Å². The fourth-order valence-corrected chi connectivity index (χ4v) is 3.28. The minimum atomic E-state index is -0.329. The van der Waals surface area contributed by atoms with Gasteiger partial charge in [-0.2, -0.15) is 0 Å². The molecule has 0 spiro atoms. The molecule has 0 aliphatic rings. The van der Waals surface area contributed by atoms with Crippen LogP contribution in [-0.4, -0.2) is 133 Å². The lowest BCUT2D eigenvalue weighted by atomic mass is 10.3. The van der Waals surface area contributed by atoms with E-state index in [-0.39, 0.29) is 43.7 Å². The highest BCUT2D eigenvalue weighted by atomic mass is 16.6. The molecule has 0 aliphatic carbocycles. The third kappa shape index (κ3) is 21.7. The Balaban J connectivity index is 2.38. The zero-order valence-corrected chi connectivity index (χ0v) is 25.2. The van der Waals surface area contributed by atoms with E-state index < -0.39 is 0 Å². The lowest BCUT2D eigenvalue weighted by Crippen LogP contribution is -2.33. The Morgan fingerprint density at radius 2 is 1.02 bits per heavy atom. The number of aliphatic hydroxyl groups excluding tert-OH is 2. The maximum atomic E-state index is 8.73. The van der Waals surface area contributed by atoms with Crippen molar-refractivity contribution in [2.75, 3.05) is 98.2 Å². The smallest absolute Gasteiger partial charge is 0.119 e. The maximum absolute atomic E-state index is 8.73. The Kier molecular flexibility index (Phi) is 22.8. The molecule has 1 rings (SSSR count). The third-order valence-electron chi connectivity index (χ3n) is 5.50. The molecule has 4 N–H and O–H groups in total. The normalized spacial score (nSPS) is 15.4. The van der Waals surface area contributed by atoms with Crippen molar-refractivity contribution in [3.05, 3.63) is 24.3 Å². The molecule has 1 aromatic carbocycles. The number of benzene rings is 1. The molecule has 0 radical (unpaired) electrons. The number of hydrogen-bond acceptors (Lipinski definition) is 12. The first kappa shape index (κ1) is 37.4. The van der Waals surface area contributed by atoms with Crippen molar-refractivity contribution in [2.45, 2.75) is 58.2 Å². The highest BCUT2D eigenvalue weighted by molar-refractivity contribution is 5.41. The Hall–Kier alpha value is -1.58. The maximum Gasteiger partial charge on any atom is 0.119 e. The van der Waals surface area contributed by atoms with Gasteiger partial charge in [-0.3, -0.25) is 0 Å². The second-order valence-electron chi connectivity index (χ2n) is 9.70. The second-order valence-corrected chi connectivity index (χ2v) is 9.70. The fraction of sp³-hybridized carbons (Fsp3) is 0.793. The summed E-state index contributed by atoms with van der Waals surface area (Å²) >= 11 is 0. The van der Waals surface area contributed by atoms with Gasteiger partial charge in [-0.05, 0) is 52.0 Å². The first-order valence-electron chi connectivity index (χ1n) is 14.3. The molecule has 0 saturated heterocycles. The molecule has 5 atom stereocenters. The van der Waals surface area contributed by atoms with Crippen LogP contribution in [0.2, 0.25) is 0 Å². The van der Waals surface area contributed by atoms with Crippen LogP contribution in [0.15, 0.2) is 24.3 Å². The van der Waals surface area contributed by atoms with Crippen LogP contribution in [0.4, 0.5) is 5.69 Å². The summed E-state index contributed by atoms with van der Waals surface area (Å²) < 4.78 is 51.3. The zero-order chi connectivity index (χ0) is 30.1. The van der Waals surface area contributed by atoms with Gasteiger partial charge < -0.3 is 58.6 Å². The van der Waals surface area contributed by atoms with Crippen molar-refractivity contribution in [3.8, 4) is 5.75 Å². The van der Waals surface area contributed by atoms with Crippen molar-refractivity contribution in [2.24, 2.45) is 0 Å². The second kappa shape index (κ2) is 25.0. The summed E-state index contributed by atoms with van der Waals surface area (Å²) in [5, 5.41) is 17.4. The van der Waals surface area contributed by atoms with E-state index in [1.807, 2.05) is 39.8 Å². The highest BCUT2D eigenvalue weighted by Crippen LogP contribution is 2.14. The van der Waals surface area contributed by atoms with Crippen LogP contribution >= 0.6 is 0 Å². The molecule has 12 nitrogen and oxygen atoms in total. The summed E-state index contributed by atoms with van der Waals surface area (Å²) in [6.07, 6.45) is -0.818. The van der Waals surface area contributed by atoms with E-state index in [1.54, 1.807) is 12.1 Å². The first-order chi connectivity index (χ1) is 19.8. The van der Waals surface area contributed by atoms with Crippen LogP contribution in [0, 0.1) is 0 Å². The molecule has 0 heterocycles. The van der Waals surface area contributed by atoms with Gasteiger partial charge in [0, 0.05) is 5.69 Å². The van der Waals surface area contributed by atoms with Gasteiger partial charge in [-0.1, -0.05) is 0 Å². The number of anilines is 1. The van der Waals surface area contributed by atoms with Crippen molar-refractivity contribution >= 4 is 5.69 Å². The quantitative estimate of drug-likeness (QED) is 0.0961. The fourth-order valence-electron chi connectivity index (χ4n) is 3.28. The summed E-state index contributed by atoms with van der Waals surface area (Å²) in [6, 6.07) is 7.19. The zero-order valence-electron chi connectivity index (χ0n) is 25.2. The predicted octanol–water partition coefficient (Wildman–Crippen LogP) is 1.69. The van der Waals surface area contributed by atoms with Gasteiger partial charge in [0.1, 0.15) is 18.5 Å². The number of ether oxygens (including phenoxy) is 9. The van der Waals surface area contributed by atoms with E-state index in [1.165, 1.54) is 0 Å². The lowest BCUT2D eigenvalue weighted by molar-refractivity contribution is -0.106. The highest BCUT2D eigenvalue weighted by Gasteiger charge is 2.16. The van der Waals surface area contributed by atoms with Gasteiger partial charge in [0.05, 0.1) is 110 Å². The van der Waals surface area contributed by atoms with E-state index in [0.29, 0.717) is 90.7 Å². The Morgan fingerprint density at radius 3 is 1.56 bits per heavy atom. The molecule has 1 aromatic rings. The van der Waals surface area contributed by atoms with Crippen LogP contribution in [0.5, 0.6) is 5.75 Å². The van der Waals surface area contributed by atoms with Gasteiger partial charge in [-0.25, -0.2) is 0 Å². The number of nitrogen functional groups attached to an aromatic ring is 1. The molecule has 5 unspecified atom stereocenters. The standard InChI is InChI=1S/C29H53NO11/c1-23(38-18-24(2)36-15-13-33-11-9-31)17-35-21-29(22-41-28-7-5-27(30)6-8-28)40-20-26(4)39-19-25(3)37-16-14-34-12-10-32/h5-8,23-26,29,31-32H,9-22,30H2,1-4H3. The van der Waals surface area contributed by atoms with Crippen LogP contribution in [0.25, 0.3) is 0 Å². The first-order valence-corrected chi connectivity index (χ1v) is 14.3. The summed E-state index contributed by atoms with van der Waals surface area (Å²) in [7, 11) is 0. The van der Waals surface area contributed by atoms with E-state index in [4.69, 9.17) is 58.6 Å². The van der Waals surface area contributed by atoms with Crippen molar-refractivity contribution < 1.29 is 52.8 Å². The average Bonchev–Trinajstić information content (AvgIpc) is 2.96. The van der Waals surface area contributed by atoms with E-state index in [2.05, 4.69) is 0 Å². The lowest BCUT2D eigenvalue weighted by Gasteiger charge is -2.23. The van der Waals surface area contributed by atoms with Gasteiger partial charge >= 0.3 is 0 Å². The van der Waals surface area contributed by atoms with Gasteiger partial charge in [0.2, 0.25) is 0 Å². The van der Waals surface area contributed by atoms with Crippen LogP contribution in [-0.2, 0) is 37.9 Å². The van der Waals surface area contributed by atoms with Crippen molar-refractivity contribution in [3.63, 3.8) is 0 Å². The minimum Gasteiger partial charge on any atom is -0.491 e. The molecule has 0 aliphatic heterocycles. The van der Waals surface area contributed by atoms with E-state index >= 15 is 0 Å². The van der Waals surface area contributed by atoms with Gasteiger partial charge in [0.25, 0.3) is 0 Å². The molecule has 0 amide bonds. The largest absolute Gasteiger partial charge is 0.491 e. The summed E-state index contributed by atoms with van der Waals surface area (Å²) in [5.41, 5.74) is 6.43. The van der Waals surface area contributed by atoms with Gasteiger partial charge in [-0.15, -0.1) is 0 Å². The number of hydrogen-bond donors (Lipinski definition) is 3. The molecule has 0 aromatic heterocycles. The minimum absolute atomic E-state index is 0.000972. The third-order valence-corrected chi connectivity index (χ3v) is 5.50. The Morgan fingerprint density at radius 1 is 0.537 bits per heavy atom. The number of nitrogens with two attached hydrogens (primary N) is 1. The predicted molar refractivity (Wildman–Crippen MR) is 154 cm³/mol. The van der Waals surface area contributed by atoms with Crippen molar-refractivity contribution in [1.29, 1.82) is 0 Å². The van der Waals surface area contributed by atoms with Crippen LogP contribution in [0.3, 0.4) is 0 Å². The summed E-state index contributed by atoms with van der Waals surface area (Å²) in [5.74, 6) is 0.693. The van der Waals surface area contributed by atoms with Crippen LogP contribution in [0.1, 0.15) is 27.7 Å². The monoisotopic (exact) mass is 591 g/mol. The molecule has 240 valence electrons. The molecular weight excluding hydrogens is 538 g/mol. The summed E-state index contributed by atoms with van der Waals surface area (Å²) in [4.78, 5) is 0.